The highest BCUT2D eigenvalue weighted by Gasteiger charge is 2.21. The maximum Gasteiger partial charge on any atom is 0.254 e. The molecule has 1 atom stereocenters. The summed E-state index contributed by atoms with van der Waals surface area (Å²) in [5.41, 5.74) is 6.64. The van der Waals surface area contributed by atoms with Crippen LogP contribution in [0, 0.1) is 5.82 Å². The fourth-order valence-electron chi connectivity index (χ4n) is 2.54. The van der Waals surface area contributed by atoms with Crippen LogP contribution in [0.1, 0.15) is 16.1 Å². The first kappa shape index (κ1) is 16.6. The number of amides is 2. The van der Waals surface area contributed by atoms with Gasteiger partial charge in [-0.1, -0.05) is 36.4 Å². The van der Waals surface area contributed by atoms with E-state index in [9.17, 15) is 14.0 Å². The van der Waals surface area contributed by atoms with Crippen molar-refractivity contribution >= 4 is 22.7 Å². The van der Waals surface area contributed by atoms with Crippen LogP contribution in [0.15, 0.2) is 60.7 Å². The Hall–Kier alpha value is -3.28. The molecule has 0 bridgehead atoms. The number of carbonyl (C=O) groups is 2. The number of pyridine rings is 1. The van der Waals surface area contributed by atoms with Gasteiger partial charge in [-0.3, -0.25) is 14.6 Å². The van der Waals surface area contributed by atoms with Gasteiger partial charge >= 0.3 is 0 Å². The minimum atomic E-state index is -0.985. The molecule has 1 aromatic heterocycles. The molecular weight excluding hydrogens is 321 g/mol. The van der Waals surface area contributed by atoms with Crippen molar-refractivity contribution in [2.45, 2.75) is 12.5 Å². The lowest BCUT2D eigenvalue weighted by Crippen LogP contribution is -2.46. The van der Waals surface area contributed by atoms with Crippen LogP contribution < -0.4 is 11.1 Å². The van der Waals surface area contributed by atoms with E-state index in [-0.39, 0.29) is 12.0 Å². The van der Waals surface area contributed by atoms with Gasteiger partial charge in [-0.15, -0.1) is 0 Å². The second-order valence-electron chi connectivity index (χ2n) is 5.61. The van der Waals surface area contributed by atoms with Crippen molar-refractivity contribution in [2.75, 3.05) is 0 Å². The van der Waals surface area contributed by atoms with Crippen LogP contribution in [0.4, 0.5) is 4.39 Å². The minimum absolute atomic E-state index is 0.125. The van der Waals surface area contributed by atoms with Gasteiger partial charge < -0.3 is 11.1 Å². The second-order valence-corrected chi connectivity index (χ2v) is 5.61. The van der Waals surface area contributed by atoms with E-state index in [1.807, 2.05) is 30.3 Å². The number of hydrogen-bond acceptors (Lipinski definition) is 3. The van der Waals surface area contributed by atoms with Gasteiger partial charge in [-0.25, -0.2) is 4.39 Å². The molecule has 2 amide bonds. The van der Waals surface area contributed by atoms with E-state index in [2.05, 4.69) is 10.3 Å². The Balaban J connectivity index is 1.80. The first-order valence-electron chi connectivity index (χ1n) is 7.74. The van der Waals surface area contributed by atoms with Crippen molar-refractivity contribution < 1.29 is 14.0 Å². The molecule has 0 aliphatic rings. The molecule has 0 aliphatic heterocycles. The van der Waals surface area contributed by atoms with Gasteiger partial charge in [0.25, 0.3) is 5.91 Å². The molecule has 3 N–H and O–H groups in total. The monoisotopic (exact) mass is 337 g/mol. The predicted octanol–water partition coefficient (Wildman–Crippen LogP) is 2.20. The lowest BCUT2D eigenvalue weighted by Gasteiger charge is -2.15. The van der Waals surface area contributed by atoms with E-state index >= 15 is 0 Å². The number of halogens is 1. The van der Waals surface area contributed by atoms with Crippen molar-refractivity contribution in [3.05, 3.63) is 77.7 Å². The summed E-state index contributed by atoms with van der Waals surface area (Å²) in [7, 11) is 0. The number of fused-ring (bicyclic) bond motifs is 1. The molecular formula is C19H16FN3O2. The first-order valence-corrected chi connectivity index (χ1v) is 7.74. The maximum absolute atomic E-state index is 13.7. The van der Waals surface area contributed by atoms with Gasteiger partial charge in [-0.2, -0.15) is 0 Å². The van der Waals surface area contributed by atoms with Gasteiger partial charge in [0.2, 0.25) is 5.91 Å². The van der Waals surface area contributed by atoms with Crippen LogP contribution in [0.2, 0.25) is 0 Å². The van der Waals surface area contributed by atoms with E-state index in [0.29, 0.717) is 5.69 Å². The summed E-state index contributed by atoms with van der Waals surface area (Å²) < 4.78 is 13.7. The van der Waals surface area contributed by atoms with Gasteiger partial charge in [0.15, 0.2) is 0 Å². The Bertz CT molecular complexity index is 943. The first-order chi connectivity index (χ1) is 12.0. The summed E-state index contributed by atoms with van der Waals surface area (Å²) in [6.07, 6.45) is 0.125. The molecule has 0 fully saturated rings. The number of aromatic nitrogens is 1. The third-order valence-corrected chi connectivity index (χ3v) is 3.84. The van der Waals surface area contributed by atoms with E-state index < -0.39 is 23.7 Å². The summed E-state index contributed by atoms with van der Waals surface area (Å²) in [6.45, 7) is 0. The number of nitrogens with one attached hydrogen (secondary N) is 1. The molecule has 3 rings (SSSR count). The molecule has 126 valence electrons. The summed E-state index contributed by atoms with van der Waals surface area (Å²) in [5, 5.41) is 3.45. The number of rotatable bonds is 5. The summed E-state index contributed by atoms with van der Waals surface area (Å²) in [5.74, 6) is -2.06. The number of carbonyl (C=O) groups excluding carboxylic acids is 2. The minimum Gasteiger partial charge on any atom is -0.368 e. The van der Waals surface area contributed by atoms with Gasteiger partial charge in [0.1, 0.15) is 11.9 Å². The van der Waals surface area contributed by atoms with E-state index in [0.717, 1.165) is 10.9 Å². The Morgan fingerprint density at radius 1 is 1.04 bits per heavy atom. The Morgan fingerprint density at radius 3 is 2.52 bits per heavy atom. The number of nitrogens with zero attached hydrogens (tertiary/aromatic N) is 1. The number of primary amides is 1. The van der Waals surface area contributed by atoms with Gasteiger partial charge in [0.05, 0.1) is 11.1 Å². The molecule has 1 heterocycles. The fraction of sp³-hybridized carbons (Fsp3) is 0.105. The molecule has 2 aromatic carbocycles. The smallest absolute Gasteiger partial charge is 0.254 e. The van der Waals surface area contributed by atoms with Crippen molar-refractivity contribution in [3.63, 3.8) is 0 Å². The lowest BCUT2D eigenvalue weighted by atomic mass is 10.1. The molecule has 0 radical (unpaired) electrons. The van der Waals surface area contributed by atoms with E-state index in [1.165, 1.54) is 18.2 Å². The zero-order valence-electron chi connectivity index (χ0n) is 13.3. The van der Waals surface area contributed by atoms with Crippen LogP contribution in [0.3, 0.4) is 0 Å². The SMILES string of the molecule is NC(=O)[C@H](Cc1ccc2ccccc2n1)NC(=O)c1ccccc1F. The molecule has 0 spiro atoms. The Labute approximate surface area is 143 Å². The predicted molar refractivity (Wildman–Crippen MR) is 92.3 cm³/mol. The van der Waals surface area contributed by atoms with Crippen molar-refractivity contribution in [2.24, 2.45) is 5.73 Å². The number of benzene rings is 2. The molecule has 0 saturated heterocycles. The van der Waals surface area contributed by atoms with Gasteiger partial charge in [0, 0.05) is 17.5 Å². The number of hydrogen-bond donors (Lipinski definition) is 2. The molecule has 6 heteroatoms. The standard InChI is InChI=1S/C19H16FN3O2/c20-15-7-3-2-6-14(15)19(25)23-17(18(21)24)11-13-10-9-12-5-1-4-8-16(12)22-13/h1-10,17H,11H2,(H2,21,24)(H,23,25)/t17-/m0/s1. The highest BCUT2D eigenvalue weighted by molar-refractivity contribution is 5.97. The third-order valence-electron chi connectivity index (χ3n) is 3.84. The zero-order chi connectivity index (χ0) is 17.8. The van der Waals surface area contributed by atoms with E-state index in [1.54, 1.807) is 12.1 Å². The molecule has 0 saturated carbocycles. The van der Waals surface area contributed by atoms with Crippen LogP contribution in [-0.2, 0) is 11.2 Å². The molecule has 5 nitrogen and oxygen atoms in total. The van der Waals surface area contributed by atoms with Crippen LogP contribution in [0.5, 0.6) is 0 Å². The molecule has 0 unspecified atom stereocenters. The van der Waals surface area contributed by atoms with Gasteiger partial charge in [-0.05, 0) is 24.3 Å². The third kappa shape index (κ3) is 3.80. The largest absolute Gasteiger partial charge is 0.368 e. The highest BCUT2D eigenvalue weighted by atomic mass is 19.1. The maximum atomic E-state index is 13.7. The number of nitrogens with two attached hydrogens (primary N) is 1. The van der Waals surface area contributed by atoms with Crippen LogP contribution in [-0.4, -0.2) is 22.8 Å². The topological polar surface area (TPSA) is 85.1 Å². The second kappa shape index (κ2) is 7.09. The Kier molecular flexibility index (Phi) is 4.70. The lowest BCUT2D eigenvalue weighted by molar-refractivity contribution is -0.119. The average molecular weight is 337 g/mol. The fourth-order valence-corrected chi connectivity index (χ4v) is 2.54. The summed E-state index contributed by atoms with van der Waals surface area (Å²) in [6, 6.07) is 15.8. The van der Waals surface area contributed by atoms with Crippen molar-refractivity contribution in [1.29, 1.82) is 0 Å². The highest BCUT2D eigenvalue weighted by Crippen LogP contribution is 2.13. The van der Waals surface area contributed by atoms with Crippen LogP contribution in [0.25, 0.3) is 10.9 Å². The van der Waals surface area contributed by atoms with E-state index in [4.69, 9.17) is 5.73 Å². The van der Waals surface area contributed by atoms with Crippen molar-refractivity contribution in [1.82, 2.24) is 10.3 Å². The quantitative estimate of drug-likeness (QED) is 0.748. The number of para-hydroxylation sites is 1. The normalized spacial score (nSPS) is 11.9. The van der Waals surface area contributed by atoms with Crippen molar-refractivity contribution in [3.8, 4) is 0 Å². The average Bonchev–Trinajstić information content (AvgIpc) is 2.61. The Morgan fingerprint density at radius 2 is 1.76 bits per heavy atom. The molecule has 3 aromatic rings. The zero-order valence-corrected chi connectivity index (χ0v) is 13.3. The molecule has 0 aliphatic carbocycles. The molecule has 25 heavy (non-hydrogen) atoms. The summed E-state index contributed by atoms with van der Waals surface area (Å²) >= 11 is 0. The summed E-state index contributed by atoms with van der Waals surface area (Å²) in [4.78, 5) is 28.4. The van der Waals surface area contributed by atoms with Crippen LogP contribution >= 0.6 is 0 Å².